The molecule has 3 nitrogen and oxygen atoms in total. The van der Waals surface area contributed by atoms with E-state index in [1.807, 2.05) is 24.3 Å². The molecule has 20 heavy (non-hydrogen) atoms. The predicted molar refractivity (Wildman–Crippen MR) is 84.7 cm³/mol. The van der Waals surface area contributed by atoms with Crippen molar-refractivity contribution in [2.45, 2.75) is 17.6 Å². The summed E-state index contributed by atoms with van der Waals surface area (Å²) in [6.07, 6.45) is 0. The SMILES string of the molecule is Cc1cccc(SCc2nc(N)c3ccccc3n2)c1. The lowest BCUT2D eigenvalue weighted by Gasteiger charge is -2.05. The number of aromatic nitrogens is 2. The highest BCUT2D eigenvalue weighted by atomic mass is 32.2. The molecule has 0 bridgehead atoms. The van der Waals surface area contributed by atoms with Crippen molar-refractivity contribution in [3.05, 3.63) is 59.9 Å². The third-order valence-electron chi connectivity index (χ3n) is 3.04. The summed E-state index contributed by atoms with van der Waals surface area (Å²) in [5.74, 6) is 2.04. The molecule has 3 rings (SSSR count). The minimum atomic E-state index is 0.551. The molecule has 0 saturated heterocycles. The molecule has 0 aliphatic heterocycles. The third-order valence-corrected chi connectivity index (χ3v) is 4.03. The fourth-order valence-corrected chi connectivity index (χ4v) is 2.94. The van der Waals surface area contributed by atoms with Crippen LogP contribution in [0.4, 0.5) is 5.82 Å². The van der Waals surface area contributed by atoms with E-state index < -0.39 is 0 Å². The number of para-hydroxylation sites is 1. The molecular weight excluding hydrogens is 266 g/mol. The van der Waals surface area contributed by atoms with Crippen LogP contribution < -0.4 is 5.73 Å². The molecule has 0 saturated carbocycles. The molecule has 2 N–H and O–H groups in total. The average Bonchev–Trinajstić information content (AvgIpc) is 2.45. The Balaban J connectivity index is 1.84. The Morgan fingerprint density at radius 1 is 1.05 bits per heavy atom. The third kappa shape index (κ3) is 2.75. The molecule has 0 aliphatic carbocycles. The number of hydrogen-bond donors (Lipinski definition) is 1. The summed E-state index contributed by atoms with van der Waals surface area (Å²) >= 11 is 1.72. The molecule has 100 valence electrons. The van der Waals surface area contributed by atoms with E-state index in [0.29, 0.717) is 5.82 Å². The normalized spacial score (nSPS) is 10.8. The minimum absolute atomic E-state index is 0.551. The van der Waals surface area contributed by atoms with Gasteiger partial charge in [-0.2, -0.15) is 0 Å². The Bertz CT molecular complexity index is 756. The van der Waals surface area contributed by atoms with Crippen LogP contribution in [0.5, 0.6) is 0 Å². The van der Waals surface area contributed by atoms with Gasteiger partial charge in [-0.05, 0) is 31.2 Å². The molecule has 0 atom stereocenters. The Kier molecular flexibility index (Phi) is 3.56. The van der Waals surface area contributed by atoms with Crippen molar-refractivity contribution in [1.82, 2.24) is 9.97 Å². The molecule has 1 aromatic heterocycles. The van der Waals surface area contributed by atoms with Gasteiger partial charge in [-0.3, -0.25) is 0 Å². The highest BCUT2D eigenvalue weighted by molar-refractivity contribution is 7.98. The largest absolute Gasteiger partial charge is 0.383 e. The standard InChI is InChI=1S/C16H15N3S/c1-11-5-4-6-12(9-11)20-10-15-18-14-8-3-2-7-13(14)16(17)19-15/h2-9H,10H2,1H3,(H2,17,18,19). The molecule has 0 spiro atoms. The fraction of sp³-hybridized carbons (Fsp3) is 0.125. The van der Waals surface area contributed by atoms with Gasteiger partial charge in [0.1, 0.15) is 11.6 Å². The lowest BCUT2D eigenvalue weighted by Crippen LogP contribution is -1.99. The van der Waals surface area contributed by atoms with Crippen LogP contribution in [0.15, 0.2) is 53.4 Å². The Hall–Kier alpha value is -2.07. The maximum absolute atomic E-state index is 5.99. The highest BCUT2D eigenvalue weighted by Gasteiger charge is 2.05. The number of nitrogens with two attached hydrogens (primary N) is 1. The first-order valence-electron chi connectivity index (χ1n) is 6.43. The number of benzene rings is 2. The van der Waals surface area contributed by atoms with Gasteiger partial charge in [0.2, 0.25) is 0 Å². The monoisotopic (exact) mass is 281 g/mol. The van der Waals surface area contributed by atoms with Crippen LogP contribution in [0.1, 0.15) is 11.4 Å². The van der Waals surface area contributed by atoms with Crippen molar-refractivity contribution < 1.29 is 0 Å². The van der Waals surface area contributed by atoms with Crippen molar-refractivity contribution in [1.29, 1.82) is 0 Å². The van der Waals surface area contributed by atoms with Crippen LogP contribution in [0.25, 0.3) is 10.9 Å². The fourth-order valence-electron chi connectivity index (χ4n) is 2.07. The maximum Gasteiger partial charge on any atom is 0.141 e. The van der Waals surface area contributed by atoms with Crippen LogP contribution in [-0.4, -0.2) is 9.97 Å². The zero-order valence-corrected chi connectivity index (χ0v) is 12.0. The van der Waals surface area contributed by atoms with Crippen molar-refractivity contribution >= 4 is 28.5 Å². The summed E-state index contributed by atoms with van der Waals surface area (Å²) in [5, 5.41) is 0.914. The number of anilines is 1. The Morgan fingerprint density at radius 2 is 1.90 bits per heavy atom. The van der Waals surface area contributed by atoms with Crippen molar-refractivity contribution in [3.8, 4) is 0 Å². The van der Waals surface area contributed by atoms with Gasteiger partial charge in [-0.1, -0.05) is 29.8 Å². The number of nitrogen functional groups attached to an aromatic ring is 1. The summed E-state index contributed by atoms with van der Waals surface area (Å²) in [5.41, 5.74) is 8.15. The molecule has 0 aliphatic rings. The van der Waals surface area contributed by atoms with Gasteiger partial charge in [-0.25, -0.2) is 9.97 Å². The maximum atomic E-state index is 5.99. The number of nitrogens with zero attached hydrogens (tertiary/aromatic N) is 2. The van der Waals surface area contributed by atoms with Crippen LogP contribution in [0.2, 0.25) is 0 Å². The predicted octanol–water partition coefficient (Wildman–Crippen LogP) is 3.81. The van der Waals surface area contributed by atoms with E-state index >= 15 is 0 Å². The first kappa shape index (κ1) is 12.9. The van der Waals surface area contributed by atoms with Crippen molar-refractivity contribution in [2.24, 2.45) is 0 Å². The van der Waals surface area contributed by atoms with Gasteiger partial charge >= 0.3 is 0 Å². The van der Waals surface area contributed by atoms with Gasteiger partial charge in [0.25, 0.3) is 0 Å². The van der Waals surface area contributed by atoms with Gasteiger partial charge < -0.3 is 5.73 Å². The van der Waals surface area contributed by atoms with E-state index in [1.165, 1.54) is 10.5 Å². The lowest BCUT2D eigenvalue weighted by atomic mass is 10.2. The van der Waals surface area contributed by atoms with Gasteiger partial charge in [0.15, 0.2) is 0 Å². The Labute approximate surface area is 122 Å². The minimum Gasteiger partial charge on any atom is -0.383 e. The van der Waals surface area contributed by atoms with Crippen LogP contribution in [0.3, 0.4) is 0 Å². The summed E-state index contributed by atoms with van der Waals surface area (Å²) in [7, 11) is 0. The number of aryl methyl sites for hydroxylation is 1. The van der Waals surface area contributed by atoms with E-state index in [0.717, 1.165) is 22.5 Å². The smallest absolute Gasteiger partial charge is 0.141 e. The second-order valence-corrected chi connectivity index (χ2v) is 5.70. The van der Waals surface area contributed by atoms with E-state index in [1.54, 1.807) is 11.8 Å². The van der Waals surface area contributed by atoms with Gasteiger partial charge in [0.05, 0.1) is 11.3 Å². The second-order valence-electron chi connectivity index (χ2n) is 4.65. The zero-order valence-electron chi connectivity index (χ0n) is 11.2. The highest BCUT2D eigenvalue weighted by Crippen LogP contribution is 2.24. The quantitative estimate of drug-likeness (QED) is 0.742. The first-order valence-corrected chi connectivity index (χ1v) is 7.41. The molecule has 2 aromatic carbocycles. The summed E-state index contributed by atoms with van der Waals surface area (Å²) in [4.78, 5) is 10.2. The lowest BCUT2D eigenvalue weighted by molar-refractivity contribution is 1.07. The molecule has 0 unspecified atom stereocenters. The van der Waals surface area contributed by atoms with Crippen LogP contribution in [-0.2, 0) is 5.75 Å². The van der Waals surface area contributed by atoms with E-state index in [4.69, 9.17) is 5.73 Å². The summed E-state index contributed by atoms with van der Waals surface area (Å²) < 4.78 is 0. The van der Waals surface area contributed by atoms with E-state index in [-0.39, 0.29) is 0 Å². The molecule has 1 heterocycles. The number of rotatable bonds is 3. The van der Waals surface area contributed by atoms with E-state index in [9.17, 15) is 0 Å². The molecule has 4 heteroatoms. The zero-order chi connectivity index (χ0) is 13.9. The molecule has 0 radical (unpaired) electrons. The van der Waals surface area contributed by atoms with Gasteiger partial charge in [-0.15, -0.1) is 11.8 Å². The first-order chi connectivity index (χ1) is 9.72. The number of fused-ring (bicyclic) bond motifs is 1. The van der Waals surface area contributed by atoms with Gasteiger partial charge in [0, 0.05) is 10.3 Å². The van der Waals surface area contributed by atoms with Crippen LogP contribution >= 0.6 is 11.8 Å². The topological polar surface area (TPSA) is 51.8 Å². The average molecular weight is 281 g/mol. The molecular formula is C16H15N3S. The summed E-state index contributed by atoms with van der Waals surface area (Å²) in [6, 6.07) is 16.2. The number of hydrogen-bond acceptors (Lipinski definition) is 4. The van der Waals surface area contributed by atoms with Crippen LogP contribution in [0, 0.1) is 6.92 Å². The van der Waals surface area contributed by atoms with Crippen molar-refractivity contribution in [3.63, 3.8) is 0 Å². The molecule has 3 aromatic rings. The molecule has 0 amide bonds. The molecule has 0 fully saturated rings. The second kappa shape index (κ2) is 5.51. The number of thioether (sulfide) groups is 1. The van der Waals surface area contributed by atoms with Crippen molar-refractivity contribution in [2.75, 3.05) is 5.73 Å². The summed E-state index contributed by atoms with van der Waals surface area (Å²) in [6.45, 7) is 2.09. The van der Waals surface area contributed by atoms with E-state index in [2.05, 4.69) is 41.2 Å². The Morgan fingerprint density at radius 3 is 2.75 bits per heavy atom.